The van der Waals surface area contributed by atoms with Crippen molar-refractivity contribution in [1.82, 2.24) is 4.57 Å². The molecule has 0 spiro atoms. The van der Waals surface area contributed by atoms with Crippen molar-refractivity contribution in [2.24, 2.45) is 0 Å². The Morgan fingerprint density at radius 3 is 2.55 bits per heavy atom. The predicted octanol–water partition coefficient (Wildman–Crippen LogP) is 0.920. The van der Waals surface area contributed by atoms with Gasteiger partial charge in [0.05, 0.1) is 22.0 Å². The average molecular weight is 346 g/mol. The van der Waals surface area contributed by atoms with Crippen LogP contribution < -0.4 is 5.56 Å². The minimum Gasteiger partial charge on any atom is -0.394 e. The summed E-state index contributed by atoms with van der Waals surface area (Å²) in [6, 6.07) is 4.88. The molecule has 0 radical (unpaired) electrons. The Morgan fingerprint density at radius 1 is 1.18 bits per heavy atom. The van der Waals surface area contributed by atoms with Gasteiger partial charge >= 0.3 is 0 Å². The molecule has 8 heteroatoms. The lowest BCUT2D eigenvalue weighted by Gasteiger charge is -2.18. The fourth-order valence-electron chi connectivity index (χ4n) is 2.59. The molecule has 0 unspecified atom stereocenters. The van der Waals surface area contributed by atoms with E-state index in [-0.39, 0.29) is 15.4 Å². The van der Waals surface area contributed by atoms with Crippen LogP contribution in [-0.4, -0.2) is 44.8 Å². The summed E-state index contributed by atoms with van der Waals surface area (Å²) in [6.07, 6.45) is -3.26. The summed E-state index contributed by atoms with van der Waals surface area (Å²) in [5.41, 5.74) is -0.500. The molecule has 1 aromatic carbocycles. The summed E-state index contributed by atoms with van der Waals surface area (Å²) < 4.78 is 6.49. The zero-order valence-corrected chi connectivity index (χ0v) is 12.7. The van der Waals surface area contributed by atoms with Gasteiger partial charge in [0.25, 0.3) is 5.56 Å². The molecule has 1 fully saturated rings. The Hall–Kier alpha value is -1.15. The zero-order chi connectivity index (χ0) is 16.0. The maximum Gasteiger partial charge on any atom is 0.262 e. The van der Waals surface area contributed by atoms with Crippen molar-refractivity contribution < 1.29 is 20.1 Å². The molecule has 2 aromatic rings. The highest BCUT2D eigenvalue weighted by atomic mass is 35.5. The molecule has 1 aromatic heterocycles. The molecule has 0 amide bonds. The van der Waals surface area contributed by atoms with Crippen molar-refractivity contribution in [3.05, 3.63) is 44.8 Å². The number of aliphatic hydroxyl groups is 3. The van der Waals surface area contributed by atoms with Crippen LogP contribution in [0.3, 0.4) is 0 Å². The molecule has 118 valence electrons. The number of rotatable bonds is 2. The largest absolute Gasteiger partial charge is 0.394 e. The zero-order valence-electron chi connectivity index (χ0n) is 11.2. The minimum atomic E-state index is -1.34. The molecular weight excluding hydrogens is 333 g/mol. The smallest absolute Gasteiger partial charge is 0.262 e. The van der Waals surface area contributed by atoms with Gasteiger partial charge in [0, 0.05) is 6.20 Å². The van der Waals surface area contributed by atoms with E-state index in [0.29, 0.717) is 5.39 Å². The maximum atomic E-state index is 12.6. The SMILES string of the molecule is O=c1c2c(Cl)c(Cl)ccc2ccn1[C@@H]1O[C@H](CO)[C@@H](O)[C@@H]1O. The molecular formula is C14H13Cl2NO5. The number of hydrogen-bond donors (Lipinski definition) is 3. The number of pyridine rings is 1. The van der Waals surface area contributed by atoms with Crippen LogP contribution in [0.2, 0.25) is 10.0 Å². The van der Waals surface area contributed by atoms with Gasteiger partial charge in [-0.05, 0) is 17.5 Å². The van der Waals surface area contributed by atoms with E-state index in [4.69, 9.17) is 33.0 Å². The maximum absolute atomic E-state index is 12.6. The quantitative estimate of drug-likeness (QED) is 0.752. The molecule has 4 atom stereocenters. The summed E-state index contributed by atoms with van der Waals surface area (Å²) in [6.45, 7) is -0.469. The Kier molecular flexibility index (Phi) is 4.15. The molecule has 3 N–H and O–H groups in total. The first kappa shape index (κ1) is 15.7. The summed E-state index contributed by atoms with van der Waals surface area (Å²) in [5, 5.41) is 30.1. The number of aliphatic hydroxyl groups excluding tert-OH is 3. The first-order valence-electron chi connectivity index (χ1n) is 6.57. The van der Waals surface area contributed by atoms with Gasteiger partial charge in [-0.3, -0.25) is 9.36 Å². The van der Waals surface area contributed by atoms with Gasteiger partial charge in [-0.1, -0.05) is 29.3 Å². The van der Waals surface area contributed by atoms with Crippen LogP contribution in [0.4, 0.5) is 0 Å². The molecule has 6 nitrogen and oxygen atoms in total. The van der Waals surface area contributed by atoms with E-state index in [1.54, 1.807) is 18.2 Å². The van der Waals surface area contributed by atoms with Gasteiger partial charge in [-0.25, -0.2) is 0 Å². The lowest BCUT2D eigenvalue weighted by atomic mass is 10.1. The van der Waals surface area contributed by atoms with Crippen LogP contribution in [0.15, 0.2) is 29.2 Å². The number of fused-ring (bicyclic) bond motifs is 1. The van der Waals surface area contributed by atoms with Gasteiger partial charge in [0.2, 0.25) is 0 Å². The predicted molar refractivity (Wildman–Crippen MR) is 81.2 cm³/mol. The monoisotopic (exact) mass is 345 g/mol. The van der Waals surface area contributed by atoms with Crippen molar-refractivity contribution in [2.75, 3.05) is 6.61 Å². The average Bonchev–Trinajstić information content (AvgIpc) is 2.79. The van der Waals surface area contributed by atoms with Gasteiger partial charge in [0.15, 0.2) is 6.23 Å². The van der Waals surface area contributed by atoms with Gasteiger partial charge in [-0.15, -0.1) is 0 Å². The lowest BCUT2D eigenvalue weighted by molar-refractivity contribution is -0.0541. The van der Waals surface area contributed by atoms with Crippen LogP contribution in [0.25, 0.3) is 10.8 Å². The second-order valence-electron chi connectivity index (χ2n) is 5.08. The van der Waals surface area contributed by atoms with Crippen molar-refractivity contribution in [2.45, 2.75) is 24.5 Å². The summed E-state index contributed by atoms with van der Waals surface area (Å²) in [5.74, 6) is 0. The molecule has 0 bridgehead atoms. The van der Waals surface area contributed by atoms with E-state index in [1.165, 1.54) is 6.20 Å². The third-order valence-electron chi connectivity index (χ3n) is 3.78. The molecule has 1 saturated heterocycles. The second kappa shape index (κ2) is 5.81. The number of hydrogen-bond acceptors (Lipinski definition) is 5. The van der Waals surface area contributed by atoms with E-state index in [9.17, 15) is 15.0 Å². The highest BCUT2D eigenvalue weighted by Gasteiger charge is 2.43. The van der Waals surface area contributed by atoms with Crippen molar-refractivity contribution in [3.63, 3.8) is 0 Å². The number of benzene rings is 1. The van der Waals surface area contributed by atoms with E-state index >= 15 is 0 Å². The van der Waals surface area contributed by atoms with Crippen LogP contribution >= 0.6 is 23.2 Å². The first-order valence-corrected chi connectivity index (χ1v) is 7.32. The van der Waals surface area contributed by atoms with Gasteiger partial charge in [-0.2, -0.15) is 0 Å². The van der Waals surface area contributed by atoms with Crippen molar-refractivity contribution in [3.8, 4) is 0 Å². The molecule has 0 aliphatic carbocycles. The molecule has 0 saturated carbocycles. The Balaban J connectivity index is 2.15. The van der Waals surface area contributed by atoms with E-state index in [0.717, 1.165) is 4.57 Å². The third-order valence-corrected chi connectivity index (χ3v) is 4.59. The van der Waals surface area contributed by atoms with Crippen LogP contribution in [0.5, 0.6) is 0 Å². The van der Waals surface area contributed by atoms with Gasteiger partial charge in [0.1, 0.15) is 18.3 Å². The molecule has 22 heavy (non-hydrogen) atoms. The topological polar surface area (TPSA) is 91.9 Å². The Bertz CT molecular complexity index is 778. The highest BCUT2D eigenvalue weighted by Crippen LogP contribution is 2.31. The van der Waals surface area contributed by atoms with E-state index < -0.39 is 36.7 Å². The van der Waals surface area contributed by atoms with Crippen LogP contribution in [0, 0.1) is 0 Å². The molecule has 1 aliphatic rings. The standard InChI is InChI=1S/C14H13Cl2NO5/c15-7-2-1-6-3-4-17(13(21)9(6)10(7)16)14-12(20)11(19)8(5-18)22-14/h1-4,8,11-12,14,18-20H,5H2/t8-,11-,12+,14-/m1/s1. The van der Waals surface area contributed by atoms with Crippen molar-refractivity contribution in [1.29, 1.82) is 0 Å². The molecule has 1 aliphatic heterocycles. The van der Waals surface area contributed by atoms with Crippen LogP contribution in [0.1, 0.15) is 6.23 Å². The number of nitrogens with zero attached hydrogens (tertiary/aromatic N) is 1. The summed E-state index contributed by atoms with van der Waals surface area (Å²) in [7, 11) is 0. The Morgan fingerprint density at radius 2 is 1.91 bits per heavy atom. The van der Waals surface area contributed by atoms with Crippen molar-refractivity contribution >= 4 is 34.0 Å². The summed E-state index contributed by atoms with van der Waals surface area (Å²) >= 11 is 12.0. The number of halogens is 2. The van der Waals surface area contributed by atoms with Gasteiger partial charge < -0.3 is 20.1 Å². The third kappa shape index (κ3) is 2.32. The normalized spacial score (nSPS) is 28.4. The Labute approximate surface area is 135 Å². The minimum absolute atomic E-state index is 0.116. The lowest BCUT2D eigenvalue weighted by Crippen LogP contribution is -2.35. The second-order valence-corrected chi connectivity index (χ2v) is 5.87. The first-order chi connectivity index (χ1) is 10.5. The van der Waals surface area contributed by atoms with E-state index in [2.05, 4.69) is 0 Å². The molecule has 3 rings (SSSR count). The number of ether oxygens (including phenoxy) is 1. The summed E-state index contributed by atoms with van der Waals surface area (Å²) in [4.78, 5) is 12.6. The fraction of sp³-hybridized carbons (Fsp3) is 0.357. The highest BCUT2D eigenvalue weighted by molar-refractivity contribution is 6.45. The van der Waals surface area contributed by atoms with E-state index in [1.807, 2.05) is 0 Å². The fourth-order valence-corrected chi connectivity index (χ4v) is 3.00. The molecule has 2 heterocycles. The number of aromatic nitrogens is 1. The van der Waals surface area contributed by atoms with Crippen LogP contribution in [-0.2, 0) is 4.74 Å².